The summed E-state index contributed by atoms with van der Waals surface area (Å²) < 4.78 is 25.4. The van der Waals surface area contributed by atoms with E-state index < -0.39 is 6.16 Å². The Balaban J connectivity index is 2.04. The van der Waals surface area contributed by atoms with Crippen LogP contribution in [0.1, 0.15) is 13.3 Å². The zero-order valence-electron chi connectivity index (χ0n) is 10.3. The highest BCUT2D eigenvalue weighted by Gasteiger charge is 2.25. The molecule has 17 heavy (non-hydrogen) atoms. The SMILES string of the molecule is CCCOCC(COCC1COC(=O)O1)OC. The summed E-state index contributed by atoms with van der Waals surface area (Å²) in [7, 11) is 1.61. The highest BCUT2D eigenvalue weighted by atomic mass is 16.8. The van der Waals surface area contributed by atoms with Gasteiger partial charge in [0.25, 0.3) is 0 Å². The van der Waals surface area contributed by atoms with Crippen molar-refractivity contribution in [2.75, 3.05) is 40.1 Å². The van der Waals surface area contributed by atoms with Crippen LogP contribution in [0, 0.1) is 0 Å². The van der Waals surface area contributed by atoms with E-state index in [0.717, 1.165) is 6.42 Å². The van der Waals surface area contributed by atoms with Gasteiger partial charge in [-0.3, -0.25) is 0 Å². The third kappa shape index (κ3) is 5.86. The normalized spacial score (nSPS) is 21.1. The van der Waals surface area contributed by atoms with Crippen molar-refractivity contribution in [2.45, 2.75) is 25.6 Å². The molecule has 0 N–H and O–H groups in total. The van der Waals surface area contributed by atoms with E-state index >= 15 is 0 Å². The summed E-state index contributed by atoms with van der Waals surface area (Å²) in [5, 5.41) is 0. The van der Waals surface area contributed by atoms with Gasteiger partial charge < -0.3 is 23.7 Å². The summed E-state index contributed by atoms with van der Waals surface area (Å²) in [5.74, 6) is 0. The van der Waals surface area contributed by atoms with E-state index in [1.165, 1.54) is 0 Å². The summed E-state index contributed by atoms with van der Waals surface area (Å²) in [6.07, 6.45) is -0.0589. The first-order chi connectivity index (χ1) is 8.26. The molecule has 100 valence electrons. The lowest BCUT2D eigenvalue weighted by Crippen LogP contribution is -2.27. The predicted octanol–water partition coefficient (Wildman–Crippen LogP) is 0.980. The molecule has 0 bridgehead atoms. The van der Waals surface area contributed by atoms with Crippen LogP contribution in [0.5, 0.6) is 0 Å². The molecule has 0 saturated carbocycles. The highest BCUT2D eigenvalue weighted by Crippen LogP contribution is 2.06. The Labute approximate surface area is 101 Å². The van der Waals surface area contributed by atoms with Gasteiger partial charge in [-0.05, 0) is 6.42 Å². The van der Waals surface area contributed by atoms with E-state index in [9.17, 15) is 4.79 Å². The van der Waals surface area contributed by atoms with Gasteiger partial charge in [-0.15, -0.1) is 0 Å². The van der Waals surface area contributed by atoms with Crippen molar-refractivity contribution in [3.63, 3.8) is 0 Å². The average Bonchev–Trinajstić information content (AvgIpc) is 2.73. The van der Waals surface area contributed by atoms with E-state index in [1.54, 1.807) is 7.11 Å². The van der Waals surface area contributed by atoms with Crippen LogP contribution in [0.3, 0.4) is 0 Å². The van der Waals surface area contributed by atoms with Gasteiger partial charge in [0.1, 0.15) is 12.7 Å². The van der Waals surface area contributed by atoms with Gasteiger partial charge >= 0.3 is 6.16 Å². The fourth-order valence-corrected chi connectivity index (χ4v) is 1.32. The van der Waals surface area contributed by atoms with Crippen molar-refractivity contribution < 1.29 is 28.5 Å². The van der Waals surface area contributed by atoms with Gasteiger partial charge in [-0.25, -0.2) is 4.79 Å². The molecular weight excluding hydrogens is 228 g/mol. The van der Waals surface area contributed by atoms with Crippen molar-refractivity contribution in [2.24, 2.45) is 0 Å². The molecule has 2 unspecified atom stereocenters. The van der Waals surface area contributed by atoms with Gasteiger partial charge in [0.2, 0.25) is 0 Å². The van der Waals surface area contributed by atoms with Crippen LogP contribution in [0.25, 0.3) is 0 Å². The first kappa shape index (κ1) is 14.2. The second kappa shape index (κ2) is 8.27. The van der Waals surface area contributed by atoms with Gasteiger partial charge in [0, 0.05) is 13.7 Å². The van der Waals surface area contributed by atoms with Gasteiger partial charge in [0.15, 0.2) is 6.10 Å². The smallest absolute Gasteiger partial charge is 0.430 e. The number of cyclic esters (lactones) is 2. The number of carbonyl (C=O) groups excluding carboxylic acids is 1. The minimum Gasteiger partial charge on any atom is -0.430 e. The lowest BCUT2D eigenvalue weighted by Gasteiger charge is -2.16. The predicted molar refractivity (Wildman–Crippen MR) is 58.9 cm³/mol. The number of rotatable bonds is 9. The van der Waals surface area contributed by atoms with Crippen molar-refractivity contribution in [3.8, 4) is 0 Å². The molecule has 0 aliphatic carbocycles. The third-order valence-electron chi connectivity index (χ3n) is 2.24. The maximum atomic E-state index is 10.6. The fraction of sp³-hybridized carbons (Fsp3) is 0.909. The fourth-order valence-electron chi connectivity index (χ4n) is 1.32. The standard InChI is InChI=1S/C11H20O6/c1-3-4-14-5-9(13-2)6-15-7-10-8-16-11(12)17-10/h9-10H,3-8H2,1-2H3. The van der Waals surface area contributed by atoms with Crippen LogP contribution < -0.4 is 0 Å². The Morgan fingerprint density at radius 2 is 2.18 bits per heavy atom. The molecule has 6 heteroatoms. The van der Waals surface area contributed by atoms with Gasteiger partial charge in [-0.2, -0.15) is 0 Å². The first-order valence-corrected chi connectivity index (χ1v) is 5.78. The van der Waals surface area contributed by atoms with Crippen LogP contribution in [0.2, 0.25) is 0 Å². The molecule has 0 radical (unpaired) electrons. The Hall–Kier alpha value is -0.850. The van der Waals surface area contributed by atoms with Crippen LogP contribution in [-0.4, -0.2) is 58.5 Å². The minimum atomic E-state index is -0.631. The van der Waals surface area contributed by atoms with Crippen LogP contribution in [0.15, 0.2) is 0 Å². The summed E-state index contributed by atoms with van der Waals surface area (Å²) in [6.45, 7) is 4.25. The number of hydrogen-bond acceptors (Lipinski definition) is 6. The lowest BCUT2D eigenvalue weighted by molar-refractivity contribution is -0.0529. The molecule has 0 amide bonds. The second-order valence-electron chi connectivity index (χ2n) is 3.77. The summed E-state index contributed by atoms with van der Waals surface area (Å²) >= 11 is 0. The summed E-state index contributed by atoms with van der Waals surface area (Å²) in [4.78, 5) is 10.6. The van der Waals surface area contributed by atoms with E-state index in [1.807, 2.05) is 6.92 Å². The molecule has 6 nitrogen and oxygen atoms in total. The molecule has 0 aromatic heterocycles. The van der Waals surface area contributed by atoms with Crippen LogP contribution >= 0.6 is 0 Å². The maximum absolute atomic E-state index is 10.6. The van der Waals surface area contributed by atoms with Crippen LogP contribution in [0.4, 0.5) is 4.79 Å². The Morgan fingerprint density at radius 3 is 2.76 bits per heavy atom. The van der Waals surface area contributed by atoms with Crippen LogP contribution in [-0.2, 0) is 23.7 Å². The minimum absolute atomic E-state index is 0.0976. The average molecular weight is 248 g/mol. The van der Waals surface area contributed by atoms with Crippen molar-refractivity contribution >= 4 is 6.16 Å². The maximum Gasteiger partial charge on any atom is 0.508 e. The van der Waals surface area contributed by atoms with Gasteiger partial charge in [0.05, 0.1) is 19.8 Å². The van der Waals surface area contributed by atoms with E-state index in [-0.39, 0.29) is 18.8 Å². The Kier molecular flexibility index (Phi) is 6.91. The number of ether oxygens (including phenoxy) is 5. The number of methoxy groups -OCH3 is 1. The zero-order chi connectivity index (χ0) is 12.5. The number of carbonyl (C=O) groups is 1. The Bertz CT molecular complexity index is 220. The lowest BCUT2D eigenvalue weighted by atomic mass is 10.4. The molecule has 1 heterocycles. The number of hydrogen-bond donors (Lipinski definition) is 0. The molecule has 1 aliphatic heterocycles. The van der Waals surface area contributed by atoms with E-state index in [4.69, 9.17) is 18.9 Å². The molecule has 0 spiro atoms. The molecular formula is C11H20O6. The van der Waals surface area contributed by atoms with Crippen molar-refractivity contribution in [1.82, 2.24) is 0 Å². The van der Waals surface area contributed by atoms with Crippen molar-refractivity contribution in [1.29, 1.82) is 0 Å². The molecule has 0 aromatic carbocycles. The quantitative estimate of drug-likeness (QED) is 0.447. The molecule has 1 saturated heterocycles. The van der Waals surface area contributed by atoms with E-state index in [0.29, 0.717) is 26.4 Å². The highest BCUT2D eigenvalue weighted by molar-refractivity contribution is 5.61. The van der Waals surface area contributed by atoms with Crippen molar-refractivity contribution in [3.05, 3.63) is 0 Å². The molecule has 0 aromatic rings. The Morgan fingerprint density at radius 1 is 1.41 bits per heavy atom. The molecule has 1 rings (SSSR count). The van der Waals surface area contributed by atoms with Gasteiger partial charge in [-0.1, -0.05) is 6.92 Å². The van der Waals surface area contributed by atoms with E-state index in [2.05, 4.69) is 4.74 Å². The molecule has 1 aliphatic rings. The largest absolute Gasteiger partial charge is 0.508 e. The topological polar surface area (TPSA) is 63.2 Å². The molecule has 2 atom stereocenters. The summed E-state index contributed by atoms with van der Waals surface area (Å²) in [5.41, 5.74) is 0. The monoisotopic (exact) mass is 248 g/mol. The molecule has 1 fully saturated rings. The third-order valence-corrected chi connectivity index (χ3v) is 2.24. The first-order valence-electron chi connectivity index (χ1n) is 5.78. The summed E-state index contributed by atoms with van der Waals surface area (Å²) in [6, 6.07) is 0. The second-order valence-corrected chi connectivity index (χ2v) is 3.77. The zero-order valence-corrected chi connectivity index (χ0v) is 10.3.